The summed E-state index contributed by atoms with van der Waals surface area (Å²) in [4.78, 5) is 16.6. The minimum atomic E-state index is -3.68. The number of benzene rings is 3. The van der Waals surface area contributed by atoms with Crippen LogP contribution in [0.1, 0.15) is 5.56 Å². The largest absolute Gasteiger partial charge is 0.369 e. The van der Waals surface area contributed by atoms with Crippen molar-refractivity contribution >= 4 is 44.7 Å². The zero-order chi connectivity index (χ0) is 24.6. The van der Waals surface area contributed by atoms with Crippen molar-refractivity contribution in [3.8, 4) is 0 Å². The summed E-state index contributed by atoms with van der Waals surface area (Å²) in [6.07, 6.45) is 0.520. The second-order valence-electron chi connectivity index (χ2n) is 8.47. The molecule has 35 heavy (non-hydrogen) atoms. The zero-order valence-corrected chi connectivity index (χ0v) is 20.4. The fourth-order valence-corrected chi connectivity index (χ4v) is 6.16. The van der Waals surface area contributed by atoms with E-state index in [1.54, 1.807) is 24.3 Å². The molecule has 5 rings (SSSR count). The van der Waals surface area contributed by atoms with Gasteiger partial charge in [0.05, 0.1) is 10.6 Å². The van der Waals surface area contributed by atoms with E-state index >= 15 is 0 Å². The SMILES string of the molecule is O=C(Nc1ccccc1F)N1CCc2cc(S(=O)(=O)N3CCN(c4cccc(Cl)c4)CC3)ccc21. The highest BCUT2D eigenvalue weighted by Crippen LogP contribution is 2.32. The summed E-state index contributed by atoms with van der Waals surface area (Å²) in [5, 5.41) is 3.23. The average molecular weight is 515 g/mol. The van der Waals surface area contributed by atoms with Gasteiger partial charge in [-0.1, -0.05) is 29.8 Å². The zero-order valence-electron chi connectivity index (χ0n) is 18.8. The summed E-state index contributed by atoms with van der Waals surface area (Å²) < 4.78 is 42.1. The molecule has 0 bridgehead atoms. The molecule has 2 amide bonds. The third-order valence-electron chi connectivity index (χ3n) is 6.36. The molecule has 3 aromatic rings. The van der Waals surface area contributed by atoms with Gasteiger partial charge in [-0.25, -0.2) is 17.6 Å². The Morgan fingerprint density at radius 2 is 1.69 bits per heavy atom. The summed E-state index contributed by atoms with van der Waals surface area (Å²) in [6, 6.07) is 17.9. The number of amides is 2. The maximum atomic E-state index is 13.9. The van der Waals surface area contributed by atoms with E-state index < -0.39 is 21.9 Å². The predicted octanol–water partition coefficient (Wildman–Crippen LogP) is 4.58. The van der Waals surface area contributed by atoms with Gasteiger partial charge in [0.25, 0.3) is 0 Å². The summed E-state index contributed by atoms with van der Waals surface area (Å²) in [7, 11) is -3.68. The number of piperazine rings is 1. The summed E-state index contributed by atoms with van der Waals surface area (Å²) >= 11 is 6.09. The number of urea groups is 1. The number of anilines is 3. The van der Waals surface area contributed by atoms with Crippen molar-refractivity contribution in [2.45, 2.75) is 11.3 Å². The Morgan fingerprint density at radius 3 is 2.43 bits per heavy atom. The van der Waals surface area contributed by atoms with Crippen LogP contribution in [-0.4, -0.2) is 51.5 Å². The van der Waals surface area contributed by atoms with E-state index in [1.807, 2.05) is 24.3 Å². The highest BCUT2D eigenvalue weighted by molar-refractivity contribution is 7.89. The van der Waals surface area contributed by atoms with Crippen molar-refractivity contribution in [3.63, 3.8) is 0 Å². The molecule has 182 valence electrons. The number of rotatable bonds is 4. The van der Waals surface area contributed by atoms with Crippen LogP contribution >= 0.6 is 11.6 Å². The van der Waals surface area contributed by atoms with Crippen LogP contribution in [0.2, 0.25) is 5.02 Å². The van der Waals surface area contributed by atoms with Crippen molar-refractivity contribution in [3.05, 3.63) is 83.1 Å². The van der Waals surface area contributed by atoms with Crippen LogP contribution < -0.4 is 15.1 Å². The van der Waals surface area contributed by atoms with Crippen molar-refractivity contribution in [2.75, 3.05) is 47.8 Å². The molecule has 0 radical (unpaired) electrons. The smallest absolute Gasteiger partial charge is 0.326 e. The van der Waals surface area contributed by atoms with Gasteiger partial charge in [-0.05, 0) is 60.5 Å². The van der Waals surface area contributed by atoms with Gasteiger partial charge in [-0.2, -0.15) is 4.31 Å². The van der Waals surface area contributed by atoms with E-state index in [0.29, 0.717) is 49.9 Å². The minimum Gasteiger partial charge on any atom is -0.369 e. The Labute approximate surface area is 208 Å². The van der Waals surface area contributed by atoms with Crippen molar-refractivity contribution in [1.29, 1.82) is 0 Å². The normalized spacial score (nSPS) is 16.3. The van der Waals surface area contributed by atoms with E-state index in [1.165, 1.54) is 27.4 Å². The lowest BCUT2D eigenvalue weighted by atomic mass is 10.2. The third-order valence-corrected chi connectivity index (χ3v) is 8.49. The Hall–Kier alpha value is -3.14. The molecule has 1 saturated heterocycles. The fourth-order valence-electron chi connectivity index (χ4n) is 4.50. The maximum Gasteiger partial charge on any atom is 0.326 e. The number of fused-ring (bicyclic) bond motifs is 1. The Morgan fingerprint density at radius 1 is 0.914 bits per heavy atom. The minimum absolute atomic E-state index is 0.0991. The first-order valence-corrected chi connectivity index (χ1v) is 13.1. The second-order valence-corrected chi connectivity index (χ2v) is 10.8. The standard InChI is InChI=1S/C25H24ClFN4O3S/c26-19-4-3-5-20(17-19)29-12-14-30(15-13-29)35(33,34)21-8-9-24-18(16-21)10-11-31(24)25(32)28-23-7-2-1-6-22(23)27/h1-9,16-17H,10-15H2,(H,28,32). The summed E-state index contributed by atoms with van der Waals surface area (Å²) in [5.74, 6) is -0.517. The van der Waals surface area contributed by atoms with Crippen LogP contribution in [0.3, 0.4) is 0 Å². The van der Waals surface area contributed by atoms with E-state index in [9.17, 15) is 17.6 Å². The Kier molecular flexibility index (Phi) is 6.39. The quantitative estimate of drug-likeness (QED) is 0.553. The fraction of sp³-hybridized carbons (Fsp3) is 0.240. The molecule has 2 aliphatic rings. The van der Waals surface area contributed by atoms with Gasteiger partial charge < -0.3 is 10.2 Å². The lowest BCUT2D eigenvalue weighted by molar-refractivity contribution is 0.257. The predicted molar refractivity (Wildman–Crippen MR) is 135 cm³/mol. The van der Waals surface area contributed by atoms with E-state index in [0.717, 1.165) is 11.3 Å². The molecule has 0 spiro atoms. The number of para-hydroxylation sites is 1. The molecule has 1 N–H and O–H groups in total. The van der Waals surface area contributed by atoms with Crippen LogP contribution in [0.15, 0.2) is 71.6 Å². The van der Waals surface area contributed by atoms with Gasteiger partial charge in [0, 0.05) is 49.1 Å². The van der Waals surface area contributed by atoms with Crippen LogP contribution in [0, 0.1) is 5.82 Å². The van der Waals surface area contributed by atoms with E-state index in [4.69, 9.17) is 11.6 Å². The Bertz CT molecular complexity index is 1380. The number of sulfonamides is 1. The molecule has 10 heteroatoms. The third kappa shape index (κ3) is 4.71. The molecule has 0 aliphatic carbocycles. The average Bonchev–Trinajstić information content (AvgIpc) is 3.29. The molecule has 0 unspecified atom stereocenters. The first kappa shape index (κ1) is 23.6. The summed E-state index contributed by atoms with van der Waals surface area (Å²) in [6.45, 7) is 2.24. The molecule has 7 nitrogen and oxygen atoms in total. The molecule has 2 heterocycles. The first-order chi connectivity index (χ1) is 16.8. The monoisotopic (exact) mass is 514 g/mol. The number of hydrogen-bond donors (Lipinski definition) is 1. The van der Waals surface area contributed by atoms with Crippen molar-refractivity contribution in [1.82, 2.24) is 4.31 Å². The molecule has 1 fully saturated rings. The number of nitrogens with one attached hydrogen (secondary N) is 1. The van der Waals surface area contributed by atoms with Gasteiger partial charge in [-0.3, -0.25) is 4.90 Å². The van der Waals surface area contributed by atoms with E-state index in [-0.39, 0.29) is 10.6 Å². The number of hydrogen-bond acceptors (Lipinski definition) is 4. The van der Waals surface area contributed by atoms with E-state index in [2.05, 4.69) is 10.2 Å². The second kappa shape index (κ2) is 9.49. The number of halogens is 2. The molecule has 0 aromatic heterocycles. The van der Waals surface area contributed by atoms with Gasteiger partial charge >= 0.3 is 6.03 Å². The van der Waals surface area contributed by atoms with Crippen molar-refractivity contribution < 1.29 is 17.6 Å². The van der Waals surface area contributed by atoms with Crippen LogP contribution in [0.5, 0.6) is 0 Å². The molecular weight excluding hydrogens is 491 g/mol. The molecule has 0 atom stereocenters. The van der Waals surface area contributed by atoms with Crippen molar-refractivity contribution in [2.24, 2.45) is 0 Å². The molecular formula is C25H24ClFN4O3S. The van der Waals surface area contributed by atoms with Gasteiger partial charge in [0.15, 0.2) is 0 Å². The maximum absolute atomic E-state index is 13.9. The Balaban J connectivity index is 1.28. The lowest BCUT2D eigenvalue weighted by Crippen LogP contribution is -2.48. The first-order valence-electron chi connectivity index (χ1n) is 11.3. The number of carbonyl (C=O) groups excluding carboxylic acids is 1. The van der Waals surface area contributed by atoms with Crippen LogP contribution in [0.25, 0.3) is 0 Å². The highest BCUT2D eigenvalue weighted by atomic mass is 35.5. The topological polar surface area (TPSA) is 73.0 Å². The molecule has 3 aromatic carbocycles. The molecule has 0 saturated carbocycles. The molecule has 2 aliphatic heterocycles. The number of carbonyl (C=O) groups is 1. The summed E-state index contributed by atoms with van der Waals surface area (Å²) in [5.41, 5.74) is 2.47. The van der Waals surface area contributed by atoms with Gasteiger partial charge in [-0.15, -0.1) is 0 Å². The number of nitrogens with zero attached hydrogens (tertiary/aromatic N) is 3. The van der Waals surface area contributed by atoms with Gasteiger partial charge in [0.2, 0.25) is 10.0 Å². The van der Waals surface area contributed by atoms with Crippen LogP contribution in [-0.2, 0) is 16.4 Å². The van der Waals surface area contributed by atoms with Gasteiger partial charge in [0.1, 0.15) is 5.82 Å². The highest BCUT2D eigenvalue weighted by Gasteiger charge is 2.31. The van der Waals surface area contributed by atoms with Crippen LogP contribution in [0.4, 0.5) is 26.2 Å². The lowest BCUT2D eigenvalue weighted by Gasteiger charge is -2.35.